The molecule has 2 amide bonds. The smallest absolute Gasteiger partial charge is 0.252 e. The number of carbonyl (C=O) groups is 2. The lowest BCUT2D eigenvalue weighted by Crippen LogP contribution is -2.25. The molecule has 1 saturated carbocycles. The van der Waals surface area contributed by atoms with Crippen LogP contribution < -0.4 is 22.1 Å². The summed E-state index contributed by atoms with van der Waals surface area (Å²) in [5, 5.41) is 5.92. The highest BCUT2D eigenvalue weighted by atomic mass is 16.2. The minimum atomic E-state index is -0.584. The number of nitrogen functional groups attached to an aromatic ring is 1. The molecule has 0 atom stereocenters. The zero-order chi connectivity index (χ0) is 14.5. The van der Waals surface area contributed by atoms with E-state index >= 15 is 0 Å². The number of amides is 2. The number of nitrogens with one attached hydrogen (secondary N) is 2. The molecule has 0 spiro atoms. The van der Waals surface area contributed by atoms with Crippen LogP contribution in [0.1, 0.15) is 36.0 Å². The Hall–Kier alpha value is -2.31. The first-order chi connectivity index (χ1) is 9.56. The molecule has 1 aliphatic carbocycles. The quantitative estimate of drug-likeness (QED) is 0.531. The molecule has 0 aliphatic heterocycles. The maximum absolute atomic E-state index is 11.5. The number of primary amides is 1. The number of nitrogens with zero attached hydrogens (tertiary/aromatic N) is 1. The number of hydrogen-bond acceptors (Lipinski definition) is 5. The first-order valence-electron chi connectivity index (χ1n) is 6.65. The Morgan fingerprint density at radius 3 is 2.80 bits per heavy atom. The highest BCUT2D eigenvalue weighted by Gasteiger charge is 2.22. The normalized spacial score (nSPS) is 13.8. The van der Waals surface area contributed by atoms with E-state index in [1.54, 1.807) is 0 Å². The van der Waals surface area contributed by atoms with Gasteiger partial charge in [-0.1, -0.05) is 0 Å². The fraction of sp³-hybridized carbons (Fsp3) is 0.462. The van der Waals surface area contributed by atoms with Crippen LogP contribution >= 0.6 is 0 Å². The van der Waals surface area contributed by atoms with Gasteiger partial charge in [0.2, 0.25) is 5.91 Å². The summed E-state index contributed by atoms with van der Waals surface area (Å²) in [5.41, 5.74) is 11.5. The summed E-state index contributed by atoms with van der Waals surface area (Å²) in [6, 6.07) is 1.87. The lowest BCUT2D eigenvalue weighted by molar-refractivity contribution is -0.121. The molecule has 1 aliphatic rings. The number of rotatable bonds is 7. The number of anilines is 2. The number of aromatic nitrogens is 1. The van der Waals surface area contributed by atoms with E-state index in [-0.39, 0.29) is 11.5 Å². The summed E-state index contributed by atoms with van der Waals surface area (Å²) < 4.78 is 0. The second kappa shape index (κ2) is 6.23. The third kappa shape index (κ3) is 4.11. The van der Waals surface area contributed by atoms with Crippen molar-refractivity contribution in [1.82, 2.24) is 10.3 Å². The van der Waals surface area contributed by atoms with Gasteiger partial charge < -0.3 is 22.1 Å². The number of carbonyl (C=O) groups excluding carboxylic acids is 2. The predicted octanol–water partition coefficient (Wildman–Crippen LogP) is 0.233. The predicted molar refractivity (Wildman–Crippen MR) is 76.1 cm³/mol. The highest BCUT2D eigenvalue weighted by Crippen LogP contribution is 2.19. The Morgan fingerprint density at radius 1 is 1.40 bits per heavy atom. The highest BCUT2D eigenvalue weighted by molar-refractivity contribution is 5.98. The van der Waals surface area contributed by atoms with Crippen molar-refractivity contribution in [3.05, 3.63) is 17.8 Å². The van der Waals surface area contributed by atoms with Gasteiger partial charge in [-0.15, -0.1) is 0 Å². The van der Waals surface area contributed by atoms with Crippen LogP contribution in [0.15, 0.2) is 12.3 Å². The lowest BCUT2D eigenvalue weighted by atomic mass is 10.2. The number of nitrogens with two attached hydrogens (primary N) is 2. The average Bonchev–Trinajstić information content (AvgIpc) is 3.19. The lowest BCUT2D eigenvalue weighted by Gasteiger charge is -2.09. The molecule has 1 aromatic heterocycles. The third-order valence-electron chi connectivity index (χ3n) is 2.99. The van der Waals surface area contributed by atoms with Crippen molar-refractivity contribution in [2.75, 3.05) is 17.6 Å². The van der Waals surface area contributed by atoms with E-state index in [4.69, 9.17) is 11.5 Å². The molecule has 108 valence electrons. The van der Waals surface area contributed by atoms with Crippen LogP contribution in [0.4, 0.5) is 11.5 Å². The van der Waals surface area contributed by atoms with Crippen molar-refractivity contribution < 1.29 is 9.59 Å². The Kier molecular flexibility index (Phi) is 4.39. The molecule has 7 nitrogen and oxygen atoms in total. The molecule has 0 bridgehead atoms. The fourth-order valence-electron chi connectivity index (χ4n) is 1.79. The molecule has 0 saturated heterocycles. The van der Waals surface area contributed by atoms with Crippen LogP contribution in [0.25, 0.3) is 0 Å². The molecular weight excluding hydrogens is 258 g/mol. The van der Waals surface area contributed by atoms with E-state index < -0.39 is 5.91 Å². The maximum Gasteiger partial charge on any atom is 0.252 e. The van der Waals surface area contributed by atoms with Crippen LogP contribution in [0.2, 0.25) is 0 Å². The van der Waals surface area contributed by atoms with Crippen molar-refractivity contribution >= 4 is 23.3 Å². The molecule has 0 radical (unpaired) electrons. The second-order valence-corrected chi connectivity index (χ2v) is 4.90. The summed E-state index contributed by atoms with van der Waals surface area (Å²) >= 11 is 0. The zero-order valence-electron chi connectivity index (χ0n) is 11.2. The molecule has 1 fully saturated rings. The molecule has 6 N–H and O–H groups in total. The van der Waals surface area contributed by atoms with Gasteiger partial charge in [0, 0.05) is 19.0 Å². The van der Waals surface area contributed by atoms with Crippen molar-refractivity contribution in [3.63, 3.8) is 0 Å². The summed E-state index contributed by atoms with van der Waals surface area (Å²) in [7, 11) is 0. The Balaban J connectivity index is 1.78. The number of pyridine rings is 1. The zero-order valence-corrected chi connectivity index (χ0v) is 11.2. The topological polar surface area (TPSA) is 123 Å². The van der Waals surface area contributed by atoms with Crippen LogP contribution in [0.5, 0.6) is 0 Å². The minimum Gasteiger partial charge on any atom is -0.397 e. The fourth-order valence-corrected chi connectivity index (χ4v) is 1.79. The Labute approximate surface area is 117 Å². The standard InChI is InChI=1S/C13H19N5O2/c14-8-6-10(12(15)20)13(17-7-8)16-5-1-2-11(19)18-9-3-4-9/h6-7,9H,1-5,14H2,(H2,15,20)(H,16,17)(H,18,19). The van der Waals surface area contributed by atoms with E-state index in [1.807, 2.05) is 0 Å². The van der Waals surface area contributed by atoms with Crippen LogP contribution in [0, 0.1) is 0 Å². The molecule has 1 aromatic rings. The van der Waals surface area contributed by atoms with E-state index in [1.165, 1.54) is 12.3 Å². The first-order valence-corrected chi connectivity index (χ1v) is 6.65. The van der Waals surface area contributed by atoms with Gasteiger partial charge in [0.25, 0.3) is 5.91 Å². The van der Waals surface area contributed by atoms with Crippen LogP contribution in [0.3, 0.4) is 0 Å². The molecule has 0 unspecified atom stereocenters. The van der Waals surface area contributed by atoms with Gasteiger partial charge in [0.05, 0.1) is 17.4 Å². The monoisotopic (exact) mass is 277 g/mol. The molecule has 2 rings (SSSR count). The third-order valence-corrected chi connectivity index (χ3v) is 2.99. The SMILES string of the molecule is NC(=O)c1cc(N)cnc1NCCCC(=O)NC1CC1. The van der Waals surface area contributed by atoms with Crippen LogP contribution in [-0.2, 0) is 4.79 Å². The van der Waals surface area contributed by atoms with Crippen molar-refractivity contribution in [1.29, 1.82) is 0 Å². The van der Waals surface area contributed by atoms with E-state index in [0.717, 1.165) is 12.8 Å². The number of hydrogen-bond donors (Lipinski definition) is 4. The first kappa shape index (κ1) is 14.1. The molecule has 7 heteroatoms. The van der Waals surface area contributed by atoms with Gasteiger partial charge in [-0.3, -0.25) is 9.59 Å². The van der Waals surface area contributed by atoms with E-state index in [9.17, 15) is 9.59 Å². The van der Waals surface area contributed by atoms with Crippen LogP contribution in [-0.4, -0.2) is 29.4 Å². The summed E-state index contributed by atoms with van der Waals surface area (Å²) in [4.78, 5) is 26.8. The summed E-state index contributed by atoms with van der Waals surface area (Å²) in [6.45, 7) is 0.537. The molecular formula is C13H19N5O2. The van der Waals surface area contributed by atoms with Gasteiger partial charge in [0.1, 0.15) is 5.82 Å². The largest absolute Gasteiger partial charge is 0.397 e. The van der Waals surface area contributed by atoms with Gasteiger partial charge in [-0.2, -0.15) is 0 Å². The van der Waals surface area contributed by atoms with E-state index in [0.29, 0.717) is 36.9 Å². The maximum atomic E-state index is 11.5. The van der Waals surface area contributed by atoms with Gasteiger partial charge >= 0.3 is 0 Å². The summed E-state index contributed by atoms with van der Waals surface area (Å²) in [6.07, 6.45) is 4.73. The second-order valence-electron chi connectivity index (χ2n) is 4.90. The minimum absolute atomic E-state index is 0.0645. The van der Waals surface area contributed by atoms with Crippen molar-refractivity contribution in [2.45, 2.75) is 31.7 Å². The molecule has 20 heavy (non-hydrogen) atoms. The van der Waals surface area contributed by atoms with E-state index in [2.05, 4.69) is 15.6 Å². The summed E-state index contributed by atoms with van der Waals surface area (Å²) in [5.74, 6) is -0.122. The Morgan fingerprint density at radius 2 is 2.15 bits per heavy atom. The molecule has 1 heterocycles. The van der Waals surface area contributed by atoms with Gasteiger partial charge in [-0.25, -0.2) is 4.98 Å². The van der Waals surface area contributed by atoms with Crippen molar-refractivity contribution in [3.8, 4) is 0 Å². The Bertz CT molecular complexity index is 513. The molecule has 0 aromatic carbocycles. The average molecular weight is 277 g/mol. The van der Waals surface area contributed by atoms with Gasteiger partial charge in [-0.05, 0) is 25.3 Å². The van der Waals surface area contributed by atoms with Gasteiger partial charge in [0.15, 0.2) is 0 Å². The van der Waals surface area contributed by atoms with Crippen molar-refractivity contribution in [2.24, 2.45) is 5.73 Å².